The average Bonchev–Trinajstić information content (AvgIpc) is 2.30. The summed E-state index contributed by atoms with van der Waals surface area (Å²) in [6.07, 6.45) is 1.69. The zero-order chi connectivity index (χ0) is 10.7. The molecule has 0 fully saturated rings. The van der Waals surface area contributed by atoms with E-state index in [-0.39, 0.29) is 0 Å². The number of primary amides is 1. The van der Waals surface area contributed by atoms with Crippen LogP contribution >= 0.6 is 0 Å². The molecule has 0 aliphatic heterocycles. The molecule has 0 saturated carbocycles. The van der Waals surface area contributed by atoms with Gasteiger partial charge in [-0.25, -0.2) is 0 Å². The number of hydrogen-bond donors (Lipinski definition) is 1. The Morgan fingerprint density at radius 2 is 1.80 bits per heavy atom. The summed E-state index contributed by atoms with van der Waals surface area (Å²) in [5.74, 6) is -0.434. The molecule has 2 rings (SSSR count). The van der Waals surface area contributed by atoms with Gasteiger partial charge in [0.15, 0.2) is 0 Å². The third kappa shape index (κ3) is 1.86. The van der Waals surface area contributed by atoms with Gasteiger partial charge in [-0.2, -0.15) is 0 Å². The number of rotatable bonds is 2. The Balaban J connectivity index is 2.58. The quantitative estimate of drug-likeness (QED) is 0.800. The molecule has 1 aromatic heterocycles. The van der Waals surface area contributed by atoms with E-state index in [1.807, 2.05) is 30.3 Å². The van der Waals surface area contributed by atoms with E-state index < -0.39 is 5.91 Å². The summed E-state index contributed by atoms with van der Waals surface area (Å²) in [5, 5.41) is 0. The topological polar surface area (TPSA) is 56.0 Å². The number of carbonyl (C=O) groups excluding carboxylic acids is 1. The fourth-order valence-corrected chi connectivity index (χ4v) is 1.44. The van der Waals surface area contributed by atoms with Crippen LogP contribution in [0.4, 0.5) is 0 Å². The van der Waals surface area contributed by atoms with Crippen molar-refractivity contribution in [1.82, 2.24) is 4.98 Å². The van der Waals surface area contributed by atoms with Gasteiger partial charge in [-0.3, -0.25) is 9.78 Å². The van der Waals surface area contributed by atoms with Crippen LogP contribution in [-0.4, -0.2) is 10.9 Å². The number of nitrogens with two attached hydrogens (primary N) is 1. The second kappa shape index (κ2) is 3.92. The summed E-state index contributed by atoms with van der Waals surface area (Å²) in [4.78, 5) is 15.4. The highest BCUT2D eigenvalue weighted by Crippen LogP contribution is 2.20. The van der Waals surface area contributed by atoms with Crippen molar-refractivity contribution in [2.75, 3.05) is 0 Å². The number of nitrogens with zero attached hydrogens (tertiary/aromatic N) is 1. The van der Waals surface area contributed by atoms with Gasteiger partial charge in [0.05, 0.1) is 5.69 Å². The van der Waals surface area contributed by atoms with E-state index in [1.54, 1.807) is 18.3 Å². The molecule has 0 saturated heterocycles. The van der Waals surface area contributed by atoms with Gasteiger partial charge < -0.3 is 5.73 Å². The molecule has 0 unspecified atom stereocenters. The third-order valence-corrected chi connectivity index (χ3v) is 2.13. The van der Waals surface area contributed by atoms with Crippen molar-refractivity contribution in [1.29, 1.82) is 0 Å². The van der Waals surface area contributed by atoms with Crippen LogP contribution in [0.2, 0.25) is 0 Å². The first kappa shape index (κ1) is 9.40. The molecule has 0 bridgehead atoms. The fraction of sp³-hybridized carbons (Fsp3) is 0. The second-order valence-electron chi connectivity index (χ2n) is 3.12. The summed E-state index contributed by atoms with van der Waals surface area (Å²) in [5.41, 5.74) is 7.31. The summed E-state index contributed by atoms with van der Waals surface area (Å²) < 4.78 is 0. The molecule has 0 aliphatic rings. The number of benzene rings is 1. The van der Waals surface area contributed by atoms with E-state index >= 15 is 0 Å². The van der Waals surface area contributed by atoms with E-state index in [1.165, 1.54) is 0 Å². The second-order valence-corrected chi connectivity index (χ2v) is 3.12. The standard InChI is InChI=1S/C12H10N2O/c13-12(15)10-6-2-1-5-9(10)11-7-3-4-8-14-11/h1-8H,(H2,13,15). The normalized spacial score (nSPS) is 9.87. The SMILES string of the molecule is NC(=O)c1ccccc1-c1ccccn1. The first-order chi connectivity index (χ1) is 7.29. The first-order valence-corrected chi connectivity index (χ1v) is 4.59. The van der Waals surface area contributed by atoms with Crippen molar-refractivity contribution < 1.29 is 4.79 Å². The van der Waals surface area contributed by atoms with E-state index in [4.69, 9.17) is 5.73 Å². The number of carbonyl (C=O) groups is 1. The minimum atomic E-state index is -0.434. The monoisotopic (exact) mass is 198 g/mol. The van der Waals surface area contributed by atoms with Crippen LogP contribution in [0, 0.1) is 0 Å². The third-order valence-electron chi connectivity index (χ3n) is 2.13. The maximum absolute atomic E-state index is 11.2. The minimum Gasteiger partial charge on any atom is -0.366 e. The molecule has 0 atom stereocenters. The zero-order valence-corrected chi connectivity index (χ0v) is 8.05. The van der Waals surface area contributed by atoms with Gasteiger partial charge in [-0.1, -0.05) is 24.3 Å². The summed E-state index contributed by atoms with van der Waals surface area (Å²) in [7, 11) is 0. The Morgan fingerprint density at radius 1 is 1.07 bits per heavy atom. The predicted molar refractivity (Wildman–Crippen MR) is 58.2 cm³/mol. The number of hydrogen-bond acceptors (Lipinski definition) is 2. The van der Waals surface area contributed by atoms with Crippen LogP contribution in [0.15, 0.2) is 48.7 Å². The molecule has 2 aromatic rings. The lowest BCUT2D eigenvalue weighted by molar-refractivity contribution is 0.100. The molecule has 15 heavy (non-hydrogen) atoms. The Labute approximate surface area is 87.6 Å². The highest BCUT2D eigenvalue weighted by Gasteiger charge is 2.08. The van der Waals surface area contributed by atoms with Gasteiger partial charge >= 0.3 is 0 Å². The number of pyridine rings is 1. The van der Waals surface area contributed by atoms with E-state index in [9.17, 15) is 4.79 Å². The van der Waals surface area contributed by atoms with Crippen LogP contribution < -0.4 is 5.73 Å². The molecule has 1 amide bonds. The molecule has 74 valence electrons. The molecule has 0 radical (unpaired) electrons. The van der Waals surface area contributed by atoms with Crippen molar-refractivity contribution >= 4 is 5.91 Å². The molecule has 0 aliphatic carbocycles. The van der Waals surface area contributed by atoms with Crippen LogP contribution in [-0.2, 0) is 0 Å². The van der Waals surface area contributed by atoms with Crippen molar-refractivity contribution in [3.63, 3.8) is 0 Å². The molecule has 1 heterocycles. The zero-order valence-electron chi connectivity index (χ0n) is 8.05. The first-order valence-electron chi connectivity index (χ1n) is 4.59. The molecular weight excluding hydrogens is 188 g/mol. The summed E-state index contributed by atoms with van der Waals surface area (Å²) in [6, 6.07) is 12.7. The van der Waals surface area contributed by atoms with Crippen LogP contribution in [0.3, 0.4) is 0 Å². The lowest BCUT2D eigenvalue weighted by Crippen LogP contribution is -2.12. The molecule has 3 heteroatoms. The smallest absolute Gasteiger partial charge is 0.249 e. The maximum Gasteiger partial charge on any atom is 0.249 e. The lowest BCUT2D eigenvalue weighted by atomic mass is 10.0. The lowest BCUT2D eigenvalue weighted by Gasteiger charge is -2.04. The van der Waals surface area contributed by atoms with Crippen molar-refractivity contribution in [3.8, 4) is 11.3 Å². The van der Waals surface area contributed by atoms with Crippen molar-refractivity contribution in [2.24, 2.45) is 5.73 Å². The molecule has 1 aromatic carbocycles. The van der Waals surface area contributed by atoms with Gasteiger partial charge in [0, 0.05) is 17.3 Å². The van der Waals surface area contributed by atoms with E-state index in [0.29, 0.717) is 5.56 Å². The van der Waals surface area contributed by atoms with E-state index in [2.05, 4.69) is 4.98 Å². The van der Waals surface area contributed by atoms with Crippen LogP contribution in [0.1, 0.15) is 10.4 Å². The summed E-state index contributed by atoms with van der Waals surface area (Å²) >= 11 is 0. The number of aromatic nitrogens is 1. The summed E-state index contributed by atoms with van der Waals surface area (Å²) in [6.45, 7) is 0. The Kier molecular flexibility index (Phi) is 2.46. The number of amides is 1. The molecule has 2 N–H and O–H groups in total. The molecule has 0 spiro atoms. The van der Waals surface area contributed by atoms with Crippen molar-refractivity contribution in [2.45, 2.75) is 0 Å². The highest BCUT2D eigenvalue weighted by atomic mass is 16.1. The van der Waals surface area contributed by atoms with Gasteiger partial charge in [0.2, 0.25) is 5.91 Å². The largest absolute Gasteiger partial charge is 0.366 e. The Bertz CT molecular complexity index is 480. The minimum absolute atomic E-state index is 0.434. The Hall–Kier alpha value is -2.16. The fourth-order valence-electron chi connectivity index (χ4n) is 1.44. The van der Waals surface area contributed by atoms with E-state index in [0.717, 1.165) is 11.3 Å². The maximum atomic E-state index is 11.2. The van der Waals surface area contributed by atoms with Gasteiger partial charge in [-0.15, -0.1) is 0 Å². The van der Waals surface area contributed by atoms with Gasteiger partial charge in [-0.05, 0) is 18.2 Å². The van der Waals surface area contributed by atoms with Crippen molar-refractivity contribution in [3.05, 3.63) is 54.2 Å². The van der Waals surface area contributed by atoms with Crippen LogP contribution in [0.5, 0.6) is 0 Å². The highest BCUT2D eigenvalue weighted by molar-refractivity contribution is 5.99. The Morgan fingerprint density at radius 3 is 2.47 bits per heavy atom. The predicted octanol–water partition coefficient (Wildman–Crippen LogP) is 1.85. The molecular formula is C12H10N2O. The molecule has 3 nitrogen and oxygen atoms in total. The van der Waals surface area contributed by atoms with Crippen LogP contribution in [0.25, 0.3) is 11.3 Å². The van der Waals surface area contributed by atoms with Gasteiger partial charge in [0.25, 0.3) is 0 Å². The van der Waals surface area contributed by atoms with Gasteiger partial charge in [0.1, 0.15) is 0 Å². The average molecular weight is 198 g/mol.